The molecule has 0 bridgehead atoms. The number of fused-ring (bicyclic) bond motifs is 1. The third-order valence-electron chi connectivity index (χ3n) is 4.87. The summed E-state index contributed by atoms with van der Waals surface area (Å²) in [4.78, 5) is 14.8. The number of nitrogens with zero attached hydrogens (tertiary/aromatic N) is 1. The molecular weight excluding hydrogens is 300 g/mol. The molecule has 2 aliphatic rings. The van der Waals surface area contributed by atoms with Crippen molar-refractivity contribution in [2.75, 3.05) is 26.7 Å². The molecule has 1 aromatic carbocycles. The van der Waals surface area contributed by atoms with Crippen molar-refractivity contribution in [1.29, 1.82) is 0 Å². The van der Waals surface area contributed by atoms with Crippen LogP contribution in [0.15, 0.2) is 42.2 Å². The van der Waals surface area contributed by atoms with Crippen molar-refractivity contribution in [3.63, 3.8) is 0 Å². The first kappa shape index (κ1) is 16.8. The van der Waals surface area contributed by atoms with Gasteiger partial charge in [-0.1, -0.05) is 43.7 Å². The fourth-order valence-electron chi connectivity index (χ4n) is 3.54. The topological polar surface area (TPSA) is 41.6 Å². The maximum absolute atomic E-state index is 12.6. The van der Waals surface area contributed by atoms with E-state index < -0.39 is 0 Å². The standard InChI is InChI=1S/C20H26N2O2/c1-15(24-2)18-13-16-9-5-6-10-17(16)20(18)21-19(23)14-22-11-7-3-4-8-12-22/h5-6,9-10H,1,3-4,7-8,11-14H2,2H3,(H,21,23). The summed E-state index contributed by atoms with van der Waals surface area (Å²) in [6.45, 7) is 6.47. The van der Waals surface area contributed by atoms with Crippen LogP contribution >= 0.6 is 0 Å². The summed E-state index contributed by atoms with van der Waals surface area (Å²) in [5.74, 6) is 0.668. The molecule has 4 heteroatoms. The van der Waals surface area contributed by atoms with Crippen LogP contribution in [0.4, 0.5) is 0 Å². The van der Waals surface area contributed by atoms with E-state index in [0.29, 0.717) is 12.3 Å². The van der Waals surface area contributed by atoms with Crippen molar-refractivity contribution in [1.82, 2.24) is 10.2 Å². The van der Waals surface area contributed by atoms with Gasteiger partial charge in [-0.3, -0.25) is 9.69 Å². The quantitative estimate of drug-likeness (QED) is 0.846. The highest BCUT2D eigenvalue weighted by atomic mass is 16.5. The highest BCUT2D eigenvalue weighted by Crippen LogP contribution is 2.34. The largest absolute Gasteiger partial charge is 0.497 e. The van der Waals surface area contributed by atoms with Crippen molar-refractivity contribution < 1.29 is 9.53 Å². The maximum atomic E-state index is 12.6. The van der Waals surface area contributed by atoms with Crippen LogP contribution in [-0.2, 0) is 16.0 Å². The van der Waals surface area contributed by atoms with Crippen LogP contribution in [-0.4, -0.2) is 37.6 Å². The van der Waals surface area contributed by atoms with Gasteiger partial charge < -0.3 is 10.1 Å². The van der Waals surface area contributed by atoms with E-state index in [4.69, 9.17) is 4.74 Å². The summed E-state index contributed by atoms with van der Waals surface area (Å²) < 4.78 is 5.33. The van der Waals surface area contributed by atoms with E-state index in [0.717, 1.165) is 36.3 Å². The predicted octanol–water partition coefficient (Wildman–Crippen LogP) is 3.11. The van der Waals surface area contributed by atoms with Gasteiger partial charge in [-0.05, 0) is 31.5 Å². The van der Waals surface area contributed by atoms with Crippen LogP contribution in [0.2, 0.25) is 0 Å². The van der Waals surface area contributed by atoms with E-state index in [-0.39, 0.29) is 5.91 Å². The number of carbonyl (C=O) groups excluding carboxylic acids is 1. The summed E-state index contributed by atoms with van der Waals surface area (Å²) in [6.07, 6.45) is 5.67. The first-order valence-electron chi connectivity index (χ1n) is 8.76. The fourth-order valence-corrected chi connectivity index (χ4v) is 3.54. The lowest BCUT2D eigenvalue weighted by atomic mass is 10.1. The van der Waals surface area contributed by atoms with Gasteiger partial charge in [-0.2, -0.15) is 0 Å². The number of benzene rings is 1. The first-order chi connectivity index (χ1) is 11.7. The third kappa shape index (κ3) is 3.70. The van der Waals surface area contributed by atoms with Crippen molar-refractivity contribution in [3.05, 3.63) is 53.3 Å². The normalized spacial score (nSPS) is 18.0. The van der Waals surface area contributed by atoms with E-state index in [9.17, 15) is 4.79 Å². The zero-order chi connectivity index (χ0) is 16.9. The van der Waals surface area contributed by atoms with Gasteiger partial charge in [0.15, 0.2) is 0 Å². The van der Waals surface area contributed by atoms with Crippen molar-refractivity contribution >= 4 is 11.6 Å². The zero-order valence-electron chi connectivity index (χ0n) is 14.4. The van der Waals surface area contributed by atoms with Crippen molar-refractivity contribution in [2.45, 2.75) is 32.1 Å². The van der Waals surface area contributed by atoms with Gasteiger partial charge in [-0.25, -0.2) is 0 Å². The molecule has 0 unspecified atom stereocenters. The third-order valence-corrected chi connectivity index (χ3v) is 4.87. The van der Waals surface area contributed by atoms with Crippen molar-refractivity contribution in [2.24, 2.45) is 0 Å². The van der Waals surface area contributed by atoms with Crippen LogP contribution in [0.1, 0.15) is 36.8 Å². The van der Waals surface area contributed by atoms with Gasteiger partial charge in [0, 0.05) is 17.6 Å². The average molecular weight is 326 g/mol. The molecule has 128 valence electrons. The molecule has 0 atom stereocenters. The molecule has 0 spiro atoms. The Kier molecular flexibility index (Phi) is 5.36. The van der Waals surface area contributed by atoms with E-state index in [2.05, 4.69) is 22.9 Å². The summed E-state index contributed by atoms with van der Waals surface area (Å²) in [5, 5.41) is 3.13. The van der Waals surface area contributed by atoms with Crippen LogP contribution < -0.4 is 5.32 Å². The Labute approximate surface area is 144 Å². The lowest BCUT2D eigenvalue weighted by Gasteiger charge is -2.20. The van der Waals surface area contributed by atoms with Gasteiger partial charge in [0.1, 0.15) is 5.76 Å². The van der Waals surface area contributed by atoms with Gasteiger partial charge in [-0.15, -0.1) is 0 Å². The Morgan fingerprint density at radius 3 is 2.62 bits per heavy atom. The first-order valence-corrected chi connectivity index (χ1v) is 8.76. The van der Waals surface area contributed by atoms with Crippen LogP contribution in [0.5, 0.6) is 0 Å². The molecule has 1 aliphatic carbocycles. The molecule has 3 rings (SSSR count). The van der Waals surface area contributed by atoms with Crippen LogP contribution in [0, 0.1) is 0 Å². The summed E-state index contributed by atoms with van der Waals surface area (Å²) in [7, 11) is 1.62. The van der Waals surface area contributed by atoms with E-state index in [1.807, 2.05) is 18.2 Å². The molecule has 1 aromatic rings. The second-order valence-electron chi connectivity index (χ2n) is 6.55. The second kappa shape index (κ2) is 7.67. The molecule has 1 aliphatic heterocycles. The zero-order valence-corrected chi connectivity index (χ0v) is 14.4. The molecule has 1 N–H and O–H groups in total. The molecule has 1 amide bonds. The predicted molar refractivity (Wildman–Crippen MR) is 96.3 cm³/mol. The van der Waals surface area contributed by atoms with Gasteiger partial charge in [0.25, 0.3) is 0 Å². The van der Waals surface area contributed by atoms with Crippen LogP contribution in [0.25, 0.3) is 5.70 Å². The molecule has 0 saturated carbocycles. The van der Waals surface area contributed by atoms with Gasteiger partial charge in [0.2, 0.25) is 5.91 Å². The number of allylic oxidation sites excluding steroid dienone is 1. The van der Waals surface area contributed by atoms with Gasteiger partial charge in [0.05, 0.1) is 19.4 Å². The number of nitrogens with one attached hydrogen (secondary N) is 1. The number of rotatable bonds is 5. The second-order valence-corrected chi connectivity index (χ2v) is 6.55. The Balaban J connectivity index is 1.74. The molecule has 1 saturated heterocycles. The van der Waals surface area contributed by atoms with Crippen molar-refractivity contribution in [3.8, 4) is 0 Å². The number of hydrogen-bond acceptors (Lipinski definition) is 3. The fraction of sp³-hybridized carbons (Fsp3) is 0.450. The number of carbonyl (C=O) groups is 1. The van der Waals surface area contributed by atoms with Gasteiger partial charge >= 0.3 is 0 Å². The lowest BCUT2D eigenvalue weighted by Crippen LogP contribution is -2.37. The Bertz CT molecular complexity index is 655. The molecule has 0 radical (unpaired) electrons. The minimum absolute atomic E-state index is 0.0463. The molecule has 1 heterocycles. The number of methoxy groups -OCH3 is 1. The molecule has 4 nitrogen and oxygen atoms in total. The minimum atomic E-state index is 0.0463. The highest BCUT2D eigenvalue weighted by molar-refractivity contribution is 5.92. The number of amides is 1. The van der Waals surface area contributed by atoms with E-state index in [1.54, 1.807) is 7.11 Å². The minimum Gasteiger partial charge on any atom is -0.497 e. The molecule has 0 aromatic heterocycles. The van der Waals surface area contributed by atoms with Crippen LogP contribution in [0.3, 0.4) is 0 Å². The molecule has 24 heavy (non-hydrogen) atoms. The van der Waals surface area contributed by atoms with E-state index in [1.165, 1.54) is 31.2 Å². The average Bonchev–Trinajstić information content (AvgIpc) is 2.76. The summed E-state index contributed by atoms with van der Waals surface area (Å²) in [5.41, 5.74) is 4.12. The molecular formula is C20H26N2O2. The highest BCUT2D eigenvalue weighted by Gasteiger charge is 2.25. The Morgan fingerprint density at radius 2 is 1.92 bits per heavy atom. The molecule has 1 fully saturated rings. The monoisotopic (exact) mass is 326 g/mol. The summed E-state index contributed by atoms with van der Waals surface area (Å²) >= 11 is 0. The number of ether oxygens (including phenoxy) is 1. The number of hydrogen-bond donors (Lipinski definition) is 1. The van der Waals surface area contributed by atoms with E-state index >= 15 is 0 Å². The smallest absolute Gasteiger partial charge is 0.238 e. The number of likely N-dealkylation sites (tertiary alicyclic amines) is 1. The SMILES string of the molecule is C=C(OC)C1=C(NC(=O)CN2CCCCCC2)c2ccccc2C1. The Hall–Kier alpha value is -2.07. The maximum Gasteiger partial charge on any atom is 0.238 e. The lowest BCUT2D eigenvalue weighted by molar-refractivity contribution is -0.121. The Morgan fingerprint density at radius 1 is 1.21 bits per heavy atom. The summed E-state index contributed by atoms with van der Waals surface area (Å²) in [6, 6.07) is 8.16.